The lowest BCUT2D eigenvalue weighted by atomic mass is 10.0. The molecule has 0 aliphatic heterocycles. The van der Waals surface area contributed by atoms with Gasteiger partial charge in [0.15, 0.2) is 11.6 Å². The highest BCUT2D eigenvalue weighted by atomic mass is 16.2. The fourth-order valence-corrected chi connectivity index (χ4v) is 1.78. The predicted octanol–water partition coefficient (Wildman–Crippen LogP) is 2.50. The van der Waals surface area contributed by atoms with Crippen molar-refractivity contribution in [3.8, 4) is 0 Å². The molecule has 0 aliphatic carbocycles. The van der Waals surface area contributed by atoms with Crippen molar-refractivity contribution in [1.29, 1.82) is 0 Å². The molecule has 0 radical (unpaired) electrons. The fraction of sp³-hybridized carbons (Fsp3) is 0.125. The average molecular weight is 267 g/mol. The van der Waals surface area contributed by atoms with E-state index >= 15 is 0 Å². The summed E-state index contributed by atoms with van der Waals surface area (Å²) in [6, 6.07) is 11.8. The maximum absolute atomic E-state index is 11.8. The van der Waals surface area contributed by atoms with Gasteiger partial charge in [0, 0.05) is 23.5 Å². The van der Waals surface area contributed by atoms with Crippen LogP contribution in [0.3, 0.4) is 0 Å². The molecule has 1 aromatic carbocycles. The topological polar surface area (TPSA) is 64.1 Å². The number of hydrogen-bond donors (Lipinski definition) is 0. The van der Waals surface area contributed by atoms with Crippen LogP contribution in [-0.2, 0) is 4.79 Å². The van der Waals surface area contributed by atoms with Gasteiger partial charge in [-0.25, -0.2) is 0 Å². The van der Waals surface area contributed by atoms with E-state index in [4.69, 9.17) is 0 Å². The highest BCUT2D eigenvalue weighted by Gasteiger charge is 2.16. The summed E-state index contributed by atoms with van der Waals surface area (Å²) in [7, 11) is 0. The normalized spacial score (nSPS) is 10.0. The van der Waals surface area contributed by atoms with Crippen molar-refractivity contribution in [3.63, 3.8) is 0 Å². The SMILES string of the molecule is O=C(CC(=O)c1ccccc1)CC(=O)c1cccnc1. The highest BCUT2D eigenvalue weighted by molar-refractivity contribution is 6.15. The molecule has 0 bridgehead atoms. The third-order valence-corrected chi connectivity index (χ3v) is 2.79. The number of pyridine rings is 1. The number of aromatic nitrogens is 1. The first-order chi connectivity index (χ1) is 9.66. The summed E-state index contributed by atoms with van der Waals surface area (Å²) in [5.74, 6) is -0.966. The fourth-order valence-electron chi connectivity index (χ4n) is 1.78. The second-order valence-corrected chi connectivity index (χ2v) is 4.35. The van der Waals surface area contributed by atoms with Gasteiger partial charge in [-0.1, -0.05) is 30.3 Å². The summed E-state index contributed by atoms with van der Waals surface area (Å²) in [6.45, 7) is 0. The first kappa shape index (κ1) is 13.8. The van der Waals surface area contributed by atoms with Crippen LogP contribution in [0.2, 0.25) is 0 Å². The van der Waals surface area contributed by atoms with Gasteiger partial charge in [0.1, 0.15) is 5.78 Å². The Balaban J connectivity index is 1.93. The molecule has 100 valence electrons. The van der Waals surface area contributed by atoms with Crippen molar-refractivity contribution in [3.05, 3.63) is 66.0 Å². The van der Waals surface area contributed by atoms with E-state index in [1.807, 2.05) is 0 Å². The predicted molar refractivity (Wildman–Crippen MR) is 73.6 cm³/mol. The maximum atomic E-state index is 11.8. The van der Waals surface area contributed by atoms with Crippen molar-refractivity contribution in [2.45, 2.75) is 12.8 Å². The molecule has 0 fully saturated rings. The van der Waals surface area contributed by atoms with Crippen molar-refractivity contribution in [2.24, 2.45) is 0 Å². The Morgan fingerprint density at radius 1 is 0.800 bits per heavy atom. The van der Waals surface area contributed by atoms with Gasteiger partial charge in [0.05, 0.1) is 12.8 Å². The zero-order valence-electron chi connectivity index (χ0n) is 10.8. The Morgan fingerprint density at radius 2 is 1.40 bits per heavy atom. The zero-order valence-corrected chi connectivity index (χ0v) is 10.8. The van der Waals surface area contributed by atoms with Gasteiger partial charge in [-0.05, 0) is 12.1 Å². The van der Waals surface area contributed by atoms with Gasteiger partial charge in [0.25, 0.3) is 0 Å². The number of benzene rings is 1. The standard InChI is InChI=1S/C16H13NO3/c18-14(9-15(19)12-5-2-1-3-6-12)10-16(20)13-7-4-8-17-11-13/h1-8,11H,9-10H2. The summed E-state index contributed by atoms with van der Waals surface area (Å²) in [4.78, 5) is 39.2. The Labute approximate surface area is 116 Å². The van der Waals surface area contributed by atoms with Crippen molar-refractivity contribution in [2.75, 3.05) is 0 Å². The smallest absolute Gasteiger partial charge is 0.171 e. The van der Waals surface area contributed by atoms with E-state index in [1.54, 1.807) is 48.7 Å². The van der Waals surface area contributed by atoms with E-state index in [2.05, 4.69) is 4.98 Å². The van der Waals surface area contributed by atoms with Crippen molar-refractivity contribution >= 4 is 17.3 Å². The Hall–Kier alpha value is -2.62. The van der Waals surface area contributed by atoms with Crippen LogP contribution in [0.15, 0.2) is 54.9 Å². The van der Waals surface area contributed by atoms with Crippen LogP contribution in [0, 0.1) is 0 Å². The lowest BCUT2D eigenvalue weighted by Crippen LogP contribution is -2.13. The largest absolute Gasteiger partial charge is 0.299 e. The van der Waals surface area contributed by atoms with Crippen LogP contribution < -0.4 is 0 Å². The van der Waals surface area contributed by atoms with Gasteiger partial charge in [-0.15, -0.1) is 0 Å². The Bertz CT molecular complexity index is 565. The van der Waals surface area contributed by atoms with Crippen LogP contribution in [-0.4, -0.2) is 22.3 Å². The van der Waals surface area contributed by atoms with Gasteiger partial charge >= 0.3 is 0 Å². The molecule has 0 amide bonds. The lowest BCUT2D eigenvalue weighted by molar-refractivity contribution is -0.117. The molecule has 0 N–H and O–H groups in total. The molecule has 2 rings (SSSR count). The second-order valence-electron chi connectivity index (χ2n) is 4.35. The van der Waals surface area contributed by atoms with Crippen LogP contribution in [0.4, 0.5) is 0 Å². The summed E-state index contributed by atoms with van der Waals surface area (Å²) in [5, 5.41) is 0. The van der Waals surface area contributed by atoms with E-state index in [0.717, 1.165) is 0 Å². The second kappa shape index (κ2) is 6.52. The first-order valence-electron chi connectivity index (χ1n) is 6.20. The van der Waals surface area contributed by atoms with Gasteiger partial charge in [0.2, 0.25) is 0 Å². The molecule has 2 aromatic rings. The minimum absolute atomic E-state index is 0.254. The van der Waals surface area contributed by atoms with Crippen molar-refractivity contribution in [1.82, 2.24) is 4.98 Å². The molecule has 0 atom stereocenters. The Kier molecular flexibility index (Phi) is 4.50. The first-order valence-corrected chi connectivity index (χ1v) is 6.20. The zero-order chi connectivity index (χ0) is 14.4. The number of Topliss-reactive ketones (excluding diaryl/α,β-unsaturated/α-hetero) is 3. The van der Waals surface area contributed by atoms with Gasteiger partial charge < -0.3 is 0 Å². The highest BCUT2D eigenvalue weighted by Crippen LogP contribution is 2.07. The minimum atomic E-state index is -0.382. The van der Waals surface area contributed by atoms with E-state index in [1.165, 1.54) is 6.20 Å². The third-order valence-electron chi connectivity index (χ3n) is 2.79. The van der Waals surface area contributed by atoms with Gasteiger partial charge in [-0.2, -0.15) is 0 Å². The quantitative estimate of drug-likeness (QED) is 0.596. The minimum Gasteiger partial charge on any atom is -0.299 e. The number of carbonyl (C=O) groups is 3. The van der Waals surface area contributed by atoms with Crippen LogP contribution in [0.5, 0.6) is 0 Å². The summed E-state index contributed by atoms with van der Waals surface area (Å²) < 4.78 is 0. The lowest BCUT2D eigenvalue weighted by Gasteiger charge is -2.01. The monoisotopic (exact) mass is 267 g/mol. The van der Waals surface area contributed by atoms with Crippen molar-refractivity contribution < 1.29 is 14.4 Å². The molecule has 4 nitrogen and oxygen atoms in total. The molecule has 1 heterocycles. The van der Waals surface area contributed by atoms with E-state index in [-0.39, 0.29) is 30.2 Å². The van der Waals surface area contributed by atoms with E-state index < -0.39 is 0 Å². The van der Waals surface area contributed by atoms with Gasteiger partial charge in [-0.3, -0.25) is 19.4 Å². The third kappa shape index (κ3) is 3.68. The number of carbonyl (C=O) groups excluding carboxylic acids is 3. The molecular weight excluding hydrogens is 254 g/mol. The average Bonchev–Trinajstić information content (AvgIpc) is 2.49. The maximum Gasteiger partial charge on any atom is 0.171 e. The Morgan fingerprint density at radius 3 is 2.00 bits per heavy atom. The van der Waals surface area contributed by atoms with E-state index in [0.29, 0.717) is 11.1 Å². The molecule has 0 saturated carbocycles. The summed E-state index contributed by atoms with van der Waals surface area (Å²) in [6.07, 6.45) is 2.44. The number of hydrogen-bond acceptors (Lipinski definition) is 4. The summed E-state index contributed by atoms with van der Waals surface area (Å²) in [5.41, 5.74) is 0.864. The number of rotatable bonds is 6. The molecule has 20 heavy (non-hydrogen) atoms. The van der Waals surface area contributed by atoms with E-state index in [9.17, 15) is 14.4 Å². The molecular formula is C16H13NO3. The number of nitrogens with zero attached hydrogens (tertiary/aromatic N) is 1. The van der Waals surface area contributed by atoms with Crippen LogP contribution in [0.1, 0.15) is 33.6 Å². The molecule has 1 aromatic heterocycles. The molecule has 4 heteroatoms. The molecule has 0 aliphatic rings. The summed E-state index contributed by atoms with van der Waals surface area (Å²) >= 11 is 0. The molecule has 0 saturated heterocycles. The molecule has 0 unspecified atom stereocenters. The molecule has 0 spiro atoms. The van der Waals surface area contributed by atoms with Crippen LogP contribution >= 0.6 is 0 Å². The number of ketones is 3. The van der Waals surface area contributed by atoms with Crippen LogP contribution in [0.25, 0.3) is 0 Å².